The fraction of sp³-hybridized carbons (Fsp3) is 0.500. The van der Waals surface area contributed by atoms with Crippen molar-refractivity contribution in [2.75, 3.05) is 0 Å². The molecule has 0 aromatic carbocycles. The van der Waals surface area contributed by atoms with E-state index in [0.717, 1.165) is 25.7 Å². The van der Waals surface area contributed by atoms with Gasteiger partial charge in [0.05, 0.1) is 0 Å². The van der Waals surface area contributed by atoms with E-state index in [-0.39, 0.29) is 35.8 Å². The Labute approximate surface area is 279 Å². The largest absolute Gasteiger partial charge is 1.00 e. The maximum Gasteiger partial charge on any atom is -1.00 e. The number of rotatable bonds is 0. The predicted octanol–water partition coefficient (Wildman–Crippen LogP) is 3.92. The normalized spacial score (nSPS) is 15.6. The molecule has 0 unspecified atom stereocenters. The van der Waals surface area contributed by atoms with E-state index in [0.29, 0.717) is 0 Å². The molecule has 0 heterocycles. The van der Waals surface area contributed by atoms with Gasteiger partial charge in [0.15, 0.2) is 0 Å². The Balaban J connectivity index is -0.000000184. The minimum atomic E-state index is 0. The van der Waals surface area contributed by atoms with Crippen LogP contribution in [0.2, 0.25) is 26.2 Å². The molecule has 0 spiro atoms. The van der Waals surface area contributed by atoms with Gasteiger partial charge < -0.3 is 24.8 Å². The van der Waals surface area contributed by atoms with Crippen LogP contribution in [0.5, 0.6) is 0 Å². The summed E-state index contributed by atoms with van der Waals surface area (Å²) in [7, 11) is 0. The average Bonchev–Trinajstić information content (AvgIpc) is 3.53. The first kappa shape index (κ1) is 45.7. The minimum Gasteiger partial charge on any atom is -1.00 e. The molecule has 4 aliphatic rings. The molecule has 0 aromatic heterocycles. The zero-order chi connectivity index (χ0) is 28.3. The van der Waals surface area contributed by atoms with Crippen LogP contribution in [0.15, 0.2) is 68.9 Å². The van der Waals surface area contributed by atoms with Gasteiger partial charge in [-0.1, -0.05) is 27.7 Å². The van der Waals surface area contributed by atoms with Crippen LogP contribution < -0.4 is 24.8 Å². The van der Waals surface area contributed by atoms with E-state index >= 15 is 0 Å². The van der Waals surface area contributed by atoms with E-state index in [1.54, 1.807) is 0 Å². The molecule has 0 saturated heterocycles. The molecule has 0 bridgehead atoms. The maximum absolute atomic E-state index is 3.19. The molecular formula is C32H48Cl2Hf2Si2-2. The van der Waals surface area contributed by atoms with E-state index in [2.05, 4.69) is 130 Å². The Morgan fingerprint density at radius 3 is 0.605 bits per heavy atom. The molecule has 38 heavy (non-hydrogen) atoms. The van der Waals surface area contributed by atoms with Gasteiger partial charge in [-0.15, -0.1) is 53.4 Å². The fourth-order valence-corrected chi connectivity index (χ4v) is 2.60. The molecule has 0 aromatic rings. The summed E-state index contributed by atoms with van der Waals surface area (Å²) >= 11 is 2.90. The smallest absolute Gasteiger partial charge is 1.00 e. The predicted molar refractivity (Wildman–Crippen MR) is 158 cm³/mol. The van der Waals surface area contributed by atoms with Crippen molar-refractivity contribution in [3.8, 4) is 0 Å². The quantitative estimate of drug-likeness (QED) is 0.256. The van der Waals surface area contributed by atoms with Gasteiger partial charge in [0.2, 0.25) is 0 Å². The summed E-state index contributed by atoms with van der Waals surface area (Å²) in [4.78, 5) is 0. The fourth-order valence-electron chi connectivity index (χ4n) is 2.60. The Morgan fingerprint density at radius 2 is 0.579 bits per heavy atom. The van der Waals surface area contributed by atoms with E-state index in [9.17, 15) is 0 Å². The molecular weight excluding hydrogens is 868 g/mol. The van der Waals surface area contributed by atoms with Crippen LogP contribution in [-0.2, 0) is 46.0 Å². The Bertz CT molecular complexity index is 769. The van der Waals surface area contributed by atoms with Crippen LogP contribution in [0.3, 0.4) is 0 Å². The van der Waals surface area contributed by atoms with Crippen molar-refractivity contribution in [3.63, 3.8) is 0 Å². The van der Waals surface area contributed by atoms with Crippen LogP contribution in [0.25, 0.3) is 0 Å². The molecule has 0 saturated carbocycles. The summed E-state index contributed by atoms with van der Waals surface area (Å²) in [5.74, 6) is 0. The molecule has 6 heteroatoms. The van der Waals surface area contributed by atoms with Gasteiger partial charge in [-0.25, -0.2) is 44.6 Å². The molecule has 0 N–H and O–H groups in total. The second kappa shape index (κ2) is 27.8. The topological polar surface area (TPSA) is 0 Å². The third kappa shape index (κ3) is 28.2. The van der Waals surface area contributed by atoms with Crippen molar-refractivity contribution in [1.29, 1.82) is 0 Å². The molecule has 0 radical (unpaired) electrons. The monoisotopic (exact) mass is 918 g/mol. The van der Waals surface area contributed by atoms with E-state index < -0.39 is 0 Å². The van der Waals surface area contributed by atoms with Gasteiger partial charge in [0, 0.05) is 0 Å². The maximum atomic E-state index is 3.19. The molecule has 0 fully saturated rings. The molecule has 0 atom stereocenters. The summed E-state index contributed by atoms with van der Waals surface area (Å²) in [5.41, 5.74) is 11.4. The molecule has 4 rings (SSSR count). The summed E-state index contributed by atoms with van der Waals surface area (Å²) in [6.07, 6.45) is 25.6. The van der Waals surface area contributed by atoms with Crippen molar-refractivity contribution >= 4 is 11.0 Å². The van der Waals surface area contributed by atoms with E-state index in [1.807, 2.05) is 0 Å². The first-order valence-electron chi connectivity index (χ1n) is 12.7. The van der Waals surface area contributed by atoms with Crippen molar-refractivity contribution in [3.05, 3.63) is 93.2 Å². The van der Waals surface area contributed by atoms with Crippen LogP contribution >= 0.6 is 0 Å². The summed E-state index contributed by atoms with van der Waals surface area (Å²) in [6, 6.07) is 0. The summed E-state index contributed by atoms with van der Waals surface area (Å²) in [6.45, 7) is 26.2. The molecule has 208 valence electrons. The molecule has 0 nitrogen and oxygen atoms in total. The number of halogens is 2. The minimum absolute atomic E-state index is 0. The van der Waals surface area contributed by atoms with Gasteiger partial charge >= 0.3 is 83.2 Å². The first-order valence-corrected chi connectivity index (χ1v) is 28.5. The van der Waals surface area contributed by atoms with Crippen molar-refractivity contribution in [2.24, 2.45) is 0 Å². The number of hydrogen-bond donors (Lipinski definition) is 0. The third-order valence-corrected chi connectivity index (χ3v) is 5.47. The van der Waals surface area contributed by atoms with Crippen molar-refractivity contribution in [1.82, 2.24) is 0 Å². The van der Waals surface area contributed by atoms with Crippen molar-refractivity contribution < 1.29 is 70.8 Å². The molecule has 0 aliphatic heterocycles. The van der Waals surface area contributed by atoms with Gasteiger partial charge in [-0.2, -0.15) is 24.3 Å². The van der Waals surface area contributed by atoms with Crippen LogP contribution in [0.1, 0.15) is 81.1 Å². The molecule has 4 aliphatic carbocycles. The standard InChI is InChI=1S/4C7H9.2C2H6Si.2ClH.2Hf/c4*1-6-4-3-5-7(6)2;2*1-3-2;;;;/h4*4H,3H2,1-2H3;2*1-2H3;2*1H;;/q4*-1;;;;;2*+2/p-2. The second-order valence-corrected chi connectivity index (χ2v) is 35.1. The Hall–Kier alpha value is 0.674. The number of hydrogen-bond acceptors (Lipinski definition) is 0. The van der Waals surface area contributed by atoms with Crippen LogP contribution in [-0.4, -0.2) is 11.0 Å². The van der Waals surface area contributed by atoms with Crippen molar-refractivity contribution in [2.45, 2.75) is 107 Å². The number of allylic oxidation sites excluding steroid dienone is 16. The first-order chi connectivity index (χ1) is 16.7. The summed E-state index contributed by atoms with van der Waals surface area (Å²) < 4.78 is 0. The van der Waals surface area contributed by atoms with E-state index in [1.165, 1.54) is 90.6 Å². The Kier molecular flexibility index (Phi) is 33.4. The van der Waals surface area contributed by atoms with Crippen LogP contribution in [0.4, 0.5) is 0 Å². The van der Waals surface area contributed by atoms with Crippen LogP contribution in [0, 0.1) is 24.3 Å². The average molecular weight is 917 g/mol. The Morgan fingerprint density at radius 1 is 0.447 bits per heavy atom. The zero-order valence-corrected chi connectivity index (χ0v) is 36.6. The van der Waals surface area contributed by atoms with Gasteiger partial charge in [-0.05, 0) is 0 Å². The van der Waals surface area contributed by atoms with Gasteiger partial charge in [-0.3, -0.25) is 24.3 Å². The second-order valence-electron chi connectivity index (χ2n) is 9.57. The zero-order valence-electron chi connectivity index (χ0n) is 25.9. The summed E-state index contributed by atoms with van der Waals surface area (Å²) in [5, 5.41) is 0. The SMILES string of the molecule is CC1=[C-]CC=C1C.CC1=[C-]CC=C1C.CC1=[C-]CC=C1C.CC1=[C-]CC=C1C.C[Si](C)=[Hf+2].C[Si](C)=[Hf+2].[Cl-].[Cl-]. The third-order valence-electron chi connectivity index (χ3n) is 5.47. The van der Waals surface area contributed by atoms with Gasteiger partial charge in [0.1, 0.15) is 0 Å². The van der Waals surface area contributed by atoms with Gasteiger partial charge in [0.25, 0.3) is 0 Å². The van der Waals surface area contributed by atoms with E-state index in [4.69, 9.17) is 0 Å². The molecule has 0 amide bonds.